The van der Waals surface area contributed by atoms with Crippen molar-refractivity contribution in [2.75, 3.05) is 43.1 Å². The molecule has 0 saturated carbocycles. The van der Waals surface area contributed by atoms with E-state index in [0.29, 0.717) is 11.8 Å². The van der Waals surface area contributed by atoms with Crippen molar-refractivity contribution in [2.24, 2.45) is 0 Å². The highest BCUT2D eigenvalue weighted by atomic mass is 32.2. The van der Waals surface area contributed by atoms with Crippen LogP contribution in [0.4, 0.5) is 14.5 Å². The number of nitrogens with zero attached hydrogens (tertiary/aromatic N) is 1. The Morgan fingerprint density at radius 1 is 1.11 bits per heavy atom. The Kier molecular flexibility index (Phi) is 7.06. The van der Waals surface area contributed by atoms with Gasteiger partial charge in [-0.25, -0.2) is 8.78 Å². The molecule has 1 aliphatic rings. The van der Waals surface area contributed by atoms with E-state index in [-0.39, 0.29) is 12.4 Å². The number of halogens is 2. The molecule has 0 aliphatic carbocycles. The molecule has 1 saturated heterocycles. The molecule has 1 N–H and O–H groups in total. The van der Waals surface area contributed by atoms with E-state index in [1.807, 2.05) is 36.0 Å². The van der Waals surface area contributed by atoms with Crippen molar-refractivity contribution in [2.45, 2.75) is 6.42 Å². The van der Waals surface area contributed by atoms with E-state index in [1.165, 1.54) is 17.1 Å². The number of rotatable bonds is 7. The van der Waals surface area contributed by atoms with Gasteiger partial charge >= 0.3 is 0 Å². The van der Waals surface area contributed by atoms with Gasteiger partial charge in [0.1, 0.15) is 5.82 Å². The summed E-state index contributed by atoms with van der Waals surface area (Å²) in [7, 11) is 0. The molecule has 0 unspecified atom stereocenters. The third-order valence-corrected chi connectivity index (χ3v) is 5.25. The Bertz CT molecular complexity index is 765. The molecular weight excluding hydrogens is 370 g/mol. The molecule has 7 heteroatoms. The fourth-order valence-corrected chi connectivity index (χ4v) is 3.78. The molecule has 4 nitrogen and oxygen atoms in total. The molecule has 0 aromatic heterocycles. The maximum Gasteiger partial charge on any atom is 0.262 e. The lowest BCUT2D eigenvalue weighted by Crippen LogP contribution is -2.34. The molecule has 2 aromatic carbocycles. The van der Waals surface area contributed by atoms with Crippen molar-refractivity contribution < 1.29 is 18.3 Å². The monoisotopic (exact) mass is 392 g/mol. The van der Waals surface area contributed by atoms with Gasteiger partial charge in [-0.1, -0.05) is 12.1 Å². The van der Waals surface area contributed by atoms with E-state index < -0.39 is 17.5 Å². The van der Waals surface area contributed by atoms with E-state index in [4.69, 9.17) is 4.74 Å². The van der Waals surface area contributed by atoms with Crippen molar-refractivity contribution >= 4 is 23.4 Å². The molecule has 0 radical (unpaired) electrons. The zero-order valence-electron chi connectivity index (χ0n) is 14.9. The van der Waals surface area contributed by atoms with Gasteiger partial charge in [-0.2, -0.15) is 11.8 Å². The summed E-state index contributed by atoms with van der Waals surface area (Å²) >= 11 is 2.00. The Labute approximate surface area is 161 Å². The molecule has 0 spiro atoms. The van der Waals surface area contributed by atoms with Gasteiger partial charge in [0.05, 0.1) is 0 Å². The summed E-state index contributed by atoms with van der Waals surface area (Å²) in [6, 6.07) is 10.6. The number of carbonyl (C=O) groups excluding carboxylic acids is 1. The van der Waals surface area contributed by atoms with Crippen molar-refractivity contribution in [1.82, 2.24) is 4.90 Å². The quantitative estimate of drug-likeness (QED) is 0.782. The number of amides is 1. The Morgan fingerprint density at radius 2 is 1.85 bits per heavy atom. The van der Waals surface area contributed by atoms with Crippen LogP contribution in [0.2, 0.25) is 0 Å². The van der Waals surface area contributed by atoms with Crippen LogP contribution in [0.3, 0.4) is 0 Å². The SMILES string of the molecule is O=C(COc1ccc(F)cc1F)Nc1ccc(CCN2CCSCC2)cc1. The molecule has 144 valence electrons. The van der Waals surface area contributed by atoms with E-state index in [1.54, 1.807) is 0 Å². The number of hydrogen-bond donors (Lipinski definition) is 1. The van der Waals surface area contributed by atoms with Crippen LogP contribution in [-0.2, 0) is 11.2 Å². The molecule has 1 aliphatic heterocycles. The van der Waals surface area contributed by atoms with E-state index in [9.17, 15) is 13.6 Å². The summed E-state index contributed by atoms with van der Waals surface area (Å²) in [6.45, 7) is 2.99. The summed E-state index contributed by atoms with van der Waals surface area (Å²) < 4.78 is 31.4. The number of carbonyl (C=O) groups is 1. The lowest BCUT2D eigenvalue weighted by Gasteiger charge is -2.26. The summed E-state index contributed by atoms with van der Waals surface area (Å²) in [4.78, 5) is 14.4. The van der Waals surface area contributed by atoms with Crippen molar-refractivity contribution in [3.63, 3.8) is 0 Å². The molecular formula is C20H22F2N2O2S. The lowest BCUT2D eigenvalue weighted by atomic mass is 10.1. The Balaban J connectivity index is 1.43. The number of nitrogens with one attached hydrogen (secondary N) is 1. The third kappa shape index (κ3) is 6.22. The average molecular weight is 392 g/mol. The predicted molar refractivity (Wildman–Crippen MR) is 104 cm³/mol. The molecule has 0 atom stereocenters. The fraction of sp³-hybridized carbons (Fsp3) is 0.350. The van der Waals surface area contributed by atoms with Crippen LogP contribution in [0.1, 0.15) is 5.56 Å². The first-order chi connectivity index (χ1) is 13.1. The molecule has 3 rings (SSSR count). The van der Waals surface area contributed by atoms with E-state index in [2.05, 4.69) is 10.2 Å². The number of benzene rings is 2. The number of ether oxygens (including phenoxy) is 1. The molecule has 1 fully saturated rings. The number of thioether (sulfide) groups is 1. The van der Waals surface area contributed by atoms with Crippen LogP contribution >= 0.6 is 11.8 Å². The molecule has 2 aromatic rings. The van der Waals surface area contributed by atoms with E-state index in [0.717, 1.165) is 38.2 Å². The van der Waals surface area contributed by atoms with Crippen molar-refractivity contribution in [3.8, 4) is 5.75 Å². The van der Waals surface area contributed by atoms with Crippen molar-refractivity contribution in [3.05, 3.63) is 59.7 Å². The summed E-state index contributed by atoms with van der Waals surface area (Å²) in [5.74, 6) is 0.322. The van der Waals surface area contributed by atoms with Crippen LogP contribution in [0, 0.1) is 11.6 Å². The zero-order valence-corrected chi connectivity index (χ0v) is 15.7. The second-order valence-corrected chi connectivity index (χ2v) is 7.54. The first-order valence-corrected chi connectivity index (χ1v) is 10.0. The minimum Gasteiger partial charge on any atom is -0.481 e. The van der Waals surface area contributed by atoms with Gasteiger partial charge in [0.25, 0.3) is 5.91 Å². The van der Waals surface area contributed by atoms with Crippen LogP contribution in [0.5, 0.6) is 5.75 Å². The summed E-state index contributed by atoms with van der Waals surface area (Å²) in [5, 5.41) is 2.70. The third-order valence-electron chi connectivity index (χ3n) is 4.31. The Morgan fingerprint density at radius 3 is 2.56 bits per heavy atom. The fourth-order valence-electron chi connectivity index (χ4n) is 2.80. The minimum absolute atomic E-state index is 0.155. The van der Waals surface area contributed by atoms with Crippen molar-refractivity contribution in [1.29, 1.82) is 0 Å². The van der Waals surface area contributed by atoms with Crippen LogP contribution in [0.15, 0.2) is 42.5 Å². The standard InChI is InChI=1S/C20H22F2N2O2S/c21-16-3-6-19(18(22)13-16)26-14-20(25)23-17-4-1-15(2-5-17)7-8-24-9-11-27-12-10-24/h1-6,13H,7-12,14H2,(H,23,25). The predicted octanol–water partition coefficient (Wildman–Crippen LogP) is 3.57. The average Bonchev–Trinajstić information content (AvgIpc) is 2.67. The highest BCUT2D eigenvalue weighted by Crippen LogP contribution is 2.18. The highest BCUT2D eigenvalue weighted by molar-refractivity contribution is 7.99. The van der Waals surface area contributed by atoms with Gasteiger partial charge in [0.2, 0.25) is 0 Å². The zero-order chi connectivity index (χ0) is 19.1. The first kappa shape index (κ1) is 19.6. The van der Waals surface area contributed by atoms with Crippen LogP contribution in [0.25, 0.3) is 0 Å². The smallest absolute Gasteiger partial charge is 0.262 e. The van der Waals surface area contributed by atoms with E-state index >= 15 is 0 Å². The maximum atomic E-state index is 13.5. The summed E-state index contributed by atoms with van der Waals surface area (Å²) in [6.07, 6.45) is 0.978. The largest absolute Gasteiger partial charge is 0.481 e. The Hall–Kier alpha value is -2.12. The van der Waals surface area contributed by atoms with Gasteiger partial charge in [-0.15, -0.1) is 0 Å². The van der Waals surface area contributed by atoms with Gasteiger partial charge in [0, 0.05) is 42.9 Å². The topological polar surface area (TPSA) is 41.6 Å². The highest BCUT2D eigenvalue weighted by Gasteiger charge is 2.11. The normalized spacial score (nSPS) is 14.7. The van der Waals surface area contributed by atoms with Gasteiger partial charge in [-0.05, 0) is 36.2 Å². The second kappa shape index (κ2) is 9.71. The number of hydrogen-bond acceptors (Lipinski definition) is 4. The molecule has 1 heterocycles. The molecule has 27 heavy (non-hydrogen) atoms. The first-order valence-electron chi connectivity index (χ1n) is 8.87. The maximum absolute atomic E-state index is 13.5. The lowest BCUT2D eigenvalue weighted by molar-refractivity contribution is -0.118. The van der Waals surface area contributed by atoms with Crippen LogP contribution in [-0.4, -0.2) is 48.6 Å². The number of anilines is 1. The summed E-state index contributed by atoms with van der Waals surface area (Å²) in [5.41, 5.74) is 1.87. The minimum atomic E-state index is -0.834. The molecule has 1 amide bonds. The van der Waals surface area contributed by atoms with Gasteiger partial charge in [-0.3, -0.25) is 4.79 Å². The van der Waals surface area contributed by atoms with Gasteiger partial charge < -0.3 is 15.0 Å². The van der Waals surface area contributed by atoms with Crippen LogP contribution < -0.4 is 10.1 Å². The molecule has 0 bridgehead atoms. The second-order valence-electron chi connectivity index (χ2n) is 6.31. The van der Waals surface area contributed by atoms with Gasteiger partial charge in [0.15, 0.2) is 18.2 Å².